The zero-order chi connectivity index (χ0) is 20.4. The van der Waals surface area contributed by atoms with E-state index in [4.69, 9.17) is 4.42 Å². The van der Waals surface area contributed by atoms with Crippen LogP contribution in [0.3, 0.4) is 0 Å². The van der Waals surface area contributed by atoms with Gasteiger partial charge >= 0.3 is 0 Å². The van der Waals surface area contributed by atoms with Crippen LogP contribution in [0.2, 0.25) is 0 Å². The molecule has 2 aromatic heterocycles. The quantitative estimate of drug-likeness (QED) is 0.753. The van der Waals surface area contributed by atoms with Gasteiger partial charge < -0.3 is 24.0 Å². The fourth-order valence-corrected chi connectivity index (χ4v) is 3.64. The van der Waals surface area contributed by atoms with E-state index in [0.29, 0.717) is 56.7 Å². The lowest BCUT2D eigenvalue weighted by molar-refractivity contribution is 0.0657. The van der Waals surface area contributed by atoms with Crippen LogP contribution in [0.1, 0.15) is 26.7 Å². The number of likely N-dealkylation sites (N-methyl/N-ethyl adjacent to an activating group) is 1. The minimum absolute atomic E-state index is 0.0449. The second kappa shape index (κ2) is 8.20. The summed E-state index contributed by atoms with van der Waals surface area (Å²) in [6.07, 6.45) is 1.50. The third kappa shape index (κ3) is 4.24. The van der Waals surface area contributed by atoms with Gasteiger partial charge in [0.1, 0.15) is 5.69 Å². The fourth-order valence-electron chi connectivity index (χ4n) is 3.64. The van der Waals surface area contributed by atoms with E-state index >= 15 is 0 Å². The van der Waals surface area contributed by atoms with Crippen molar-refractivity contribution in [1.82, 2.24) is 24.7 Å². The van der Waals surface area contributed by atoms with E-state index in [1.165, 1.54) is 6.26 Å². The summed E-state index contributed by atoms with van der Waals surface area (Å²) in [5.41, 5.74) is 1.20. The van der Waals surface area contributed by atoms with E-state index in [9.17, 15) is 9.59 Å². The molecule has 0 aromatic carbocycles. The normalized spacial score (nSPS) is 18.2. The predicted octanol–water partition coefficient (Wildman–Crippen LogP) is 0.728. The number of aromatic nitrogens is 2. The maximum atomic E-state index is 12.9. The van der Waals surface area contributed by atoms with Crippen LogP contribution in [0, 0.1) is 6.92 Å². The van der Waals surface area contributed by atoms with Gasteiger partial charge in [-0.15, -0.1) is 0 Å². The van der Waals surface area contributed by atoms with Gasteiger partial charge in [-0.3, -0.25) is 9.59 Å². The van der Waals surface area contributed by atoms with Gasteiger partial charge in [0.2, 0.25) is 5.95 Å². The number of amides is 2. The monoisotopic (exact) mass is 398 g/mol. The molecule has 0 saturated carbocycles. The molecule has 9 nitrogen and oxygen atoms in total. The molecule has 0 spiro atoms. The zero-order valence-electron chi connectivity index (χ0n) is 16.9. The molecule has 0 unspecified atom stereocenters. The topological polar surface area (TPSA) is 86.0 Å². The van der Waals surface area contributed by atoms with Crippen molar-refractivity contribution in [3.8, 4) is 0 Å². The van der Waals surface area contributed by atoms with E-state index in [1.807, 2.05) is 16.7 Å². The molecule has 0 aliphatic carbocycles. The Morgan fingerprint density at radius 1 is 0.931 bits per heavy atom. The predicted molar refractivity (Wildman–Crippen MR) is 107 cm³/mol. The third-order valence-electron chi connectivity index (χ3n) is 5.43. The van der Waals surface area contributed by atoms with Crippen LogP contribution in [0.15, 0.2) is 28.9 Å². The van der Waals surface area contributed by atoms with Crippen molar-refractivity contribution in [1.29, 1.82) is 0 Å². The minimum Gasteiger partial charge on any atom is -0.459 e. The molecule has 0 N–H and O–H groups in total. The smallest absolute Gasteiger partial charge is 0.289 e. The molecule has 0 atom stereocenters. The number of hydrogen-bond acceptors (Lipinski definition) is 7. The lowest BCUT2D eigenvalue weighted by atomic mass is 10.2. The van der Waals surface area contributed by atoms with Crippen molar-refractivity contribution < 1.29 is 14.0 Å². The van der Waals surface area contributed by atoms with Crippen LogP contribution in [0.25, 0.3) is 0 Å². The summed E-state index contributed by atoms with van der Waals surface area (Å²) in [7, 11) is 2.06. The summed E-state index contributed by atoms with van der Waals surface area (Å²) in [5, 5.41) is 0. The largest absolute Gasteiger partial charge is 0.459 e. The van der Waals surface area contributed by atoms with Crippen LogP contribution < -0.4 is 4.90 Å². The van der Waals surface area contributed by atoms with Crippen LogP contribution >= 0.6 is 0 Å². The number of carbonyl (C=O) groups excluding carboxylic acids is 2. The van der Waals surface area contributed by atoms with Crippen molar-refractivity contribution in [3.63, 3.8) is 0 Å². The van der Waals surface area contributed by atoms with Crippen molar-refractivity contribution in [3.05, 3.63) is 41.6 Å². The molecule has 4 rings (SSSR count). The van der Waals surface area contributed by atoms with E-state index in [1.54, 1.807) is 23.1 Å². The first kappa shape index (κ1) is 19.4. The Labute approximate surface area is 169 Å². The SMILES string of the molecule is Cc1cc(C(=O)N2CCN(C)CC2)nc(N2CCN(C(=O)c3ccco3)CC2)n1. The Hall–Kier alpha value is -2.94. The van der Waals surface area contributed by atoms with Gasteiger partial charge in [-0.2, -0.15) is 0 Å². The molecule has 154 valence electrons. The van der Waals surface area contributed by atoms with E-state index < -0.39 is 0 Å². The van der Waals surface area contributed by atoms with Gasteiger partial charge in [0.05, 0.1) is 6.26 Å². The molecule has 0 bridgehead atoms. The van der Waals surface area contributed by atoms with E-state index in [2.05, 4.69) is 21.9 Å². The lowest BCUT2D eigenvalue weighted by Gasteiger charge is -2.35. The highest BCUT2D eigenvalue weighted by Gasteiger charge is 2.27. The molecule has 2 aromatic rings. The number of aryl methyl sites for hydroxylation is 1. The Kier molecular flexibility index (Phi) is 5.48. The van der Waals surface area contributed by atoms with E-state index in [-0.39, 0.29) is 11.8 Å². The number of carbonyl (C=O) groups is 2. The van der Waals surface area contributed by atoms with Gasteiger partial charge in [0, 0.05) is 58.1 Å². The molecule has 2 fully saturated rings. The first-order valence-corrected chi connectivity index (χ1v) is 9.92. The summed E-state index contributed by atoms with van der Waals surface area (Å²) >= 11 is 0. The molecule has 0 radical (unpaired) electrons. The lowest BCUT2D eigenvalue weighted by Crippen LogP contribution is -2.49. The molecule has 29 heavy (non-hydrogen) atoms. The highest BCUT2D eigenvalue weighted by atomic mass is 16.3. The van der Waals surface area contributed by atoms with Crippen molar-refractivity contribution in [2.45, 2.75) is 6.92 Å². The summed E-state index contributed by atoms with van der Waals surface area (Å²) < 4.78 is 5.21. The first-order valence-electron chi connectivity index (χ1n) is 9.92. The Morgan fingerprint density at radius 3 is 2.24 bits per heavy atom. The van der Waals surface area contributed by atoms with Gasteiger partial charge in [-0.05, 0) is 32.2 Å². The summed E-state index contributed by atoms with van der Waals surface area (Å²) in [4.78, 5) is 42.3. The highest BCUT2D eigenvalue weighted by Crippen LogP contribution is 2.16. The summed E-state index contributed by atoms with van der Waals surface area (Å²) in [6, 6.07) is 5.14. The average Bonchev–Trinajstić information content (AvgIpc) is 3.28. The number of nitrogens with zero attached hydrogens (tertiary/aromatic N) is 6. The Balaban J connectivity index is 1.43. The van der Waals surface area contributed by atoms with Gasteiger partial charge in [-0.25, -0.2) is 9.97 Å². The molecule has 2 aliphatic rings. The van der Waals surface area contributed by atoms with E-state index in [0.717, 1.165) is 18.8 Å². The minimum atomic E-state index is -0.106. The van der Waals surface area contributed by atoms with Gasteiger partial charge in [0.15, 0.2) is 5.76 Å². The van der Waals surface area contributed by atoms with Crippen LogP contribution in [0.5, 0.6) is 0 Å². The number of anilines is 1. The number of rotatable bonds is 3. The molecular weight excluding hydrogens is 372 g/mol. The summed E-state index contributed by atoms with van der Waals surface area (Å²) in [6.45, 7) is 7.36. The zero-order valence-corrected chi connectivity index (χ0v) is 16.9. The van der Waals surface area contributed by atoms with Crippen LogP contribution in [0.4, 0.5) is 5.95 Å². The molecular formula is C20H26N6O3. The van der Waals surface area contributed by atoms with Crippen LogP contribution in [-0.4, -0.2) is 95.9 Å². The maximum Gasteiger partial charge on any atom is 0.289 e. The van der Waals surface area contributed by atoms with Gasteiger partial charge in [0.25, 0.3) is 11.8 Å². The van der Waals surface area contributed by atoms with Gasteiger partial charge in [-0.1, -0.05) is 0 Å². The Bertz CT molecular complexity index is 868. The molecule has 2 saturated heterocycles. The molecule has 2 amide bonds. The fraction of sp³-hybridized carbons (Fsp3) is 0.500. The molecule has 4 heterocycles. The standard InChI is InChI=1S/C20H26N6O3/c1-15-14-16(18(27)24-7-5-23(2)6-8-24)22-20(21-15)26-11-9-25(10-12-26)19(28)17-4-3-13-29-17/h3-4,13-14H,5-12H2,1-2H3. The summed E-state index contributed by atoms with van der Waals surface area (Å²) in [5.74, 6) is 0.750. The molecule has 2 aliphatic heterocycles. The number of piperazine rings is 2. The van der Waals surface area contributed by atoms with Crippen molar-refractivity contribution in [2.24, 2.45) is 0 Å². The van der Waals surface area contributed by atoms with Crippen molar-refractivity contribution >= 4 is 17.8 Å². The maximum absolute atomic E-state index is 12.9. The van der Waals surface area contributed by atoms with Crippen molar-refractivity contribution in [2.75, 3.05) is 64.3 Å². The Morgan fingerprint density at radius 2 is 1.59 bits per heavy atom. The third-order valence-corrected chi connectivity index (χ3v) is 5.43. The number of hydrogen-bond donors (Lipinski definition) is 0. The second-order valence-electron chi connectivity index (χ2n) is 7.55. The average molecular weight is 398 g/mol. The van der Waals surface area contributed by atoms with Crippen LogP contribution in [-0.2, 0) is 0 Å². The first-order chi connectivity index (χ1) is 14.0. The molecule has 9 heteroatoms. The number of furan rings is 1. The second-order valence-corrected chi connectivity index (χ2v) is 7.55. The highest BCUT2D eigenvalue weighted by molar-refractivity contribution is 5.93.